The van der Waals surface area contributed by atoms with Crippen molar-refractivity contribution in [2.45, 2.75) is 62.8 Å². The van der Waals surface area contributed by atoms with Crippen LogP contribution in [0.2, 0.25) is 0 Å². The molecule has 1 saturated carbocycles. The Morgan fingerprint density at radius 2 is 1.76 bits per heavy atom. The quantitative estimate of drug-likeness (QED) is 0.159. The second kappa shape index (κ2) is 12.4. The molecule has 2 aromatic carbocycles. The van der Waals surface area contributed by atoms with Gasteiger partial charge in [-0.1, -0.05) is 61.7 Å². The number of H-pyrrole nitrogens is 1. The number of benzene rings is 2. The number of carbonyl (C=O) groups is 1. The Kier molecular flexibility index (Phi) is 8.69. The minimum Gasteiger partial charge on any atom is -0.361 e. The van der Waals surface area contributed by atoms with E-state index in [1.165, 1.54) is 18.2 Å². The van der Waals surface area contributed by atoms with Crippen LogP contribution in [0.25, 0.3) is 10.9 Å². The first-order chi connectivity index (χ1) is 20.2. The summed E-state index contributed by atoms with van der Waals surface area (Å²) < 4.78 is 29.9. The molecule has 2 unspecified atom stereocenters. The number of fused-ring (bicyclic) bond motifs is 1. The average molecular weight is 590 g/mol. The van der Waals surface area contributed by atoms with Gasteiger partial charge in [-0.2, -0.15) is 4.72 Å². The number of pyridine rings is 1. The van der Waals surface area contributed by atoms with Gasteiger partial charge in [0.15, 0.2) is 0 Å². The molecule has 42 heavy (non-hydrogen) atoms. The number of aromatic nitrogens is 2. The number of nitrogens with one attached hydrogen (secondary N) is 3. The minimum absolute atomic E-state index is 0.0402. The maximum absolute atomic E-state index is 14.3. The highest BCUT2D eigenvalue weighted by Crippen LogP contribution is 2.35. The van der Waals surface area contributed by atoms with Gasteiger partial charge in [-0.05, 0) is 49.4 Å². The molecule has 2 aromatic heterocycles. The van der Waals surface area contributed by atoms with Crippen LogP contribution in [-0.4, -0.2) is 34.8 Å². The number of nitro groups is 1. The number of rotatable bonds is 11. The molecule has 2 atom stereocenters. The van der Waals surface area contributed by atoms with Gasteiger partial charge in [0.1, 0.15) is 5.54 Å². The Balaban J connectivity index is 1.49. The van der Waals surface area contributed by atoms with Gasteiger partial charge < -0.3 is 10.3 Å². The second-order valence-corrected chi connectivity index (χ2v) is 12.9. The molecule has 1 aliphatic carbocycles. The summed E-state index contributed by atoms with van der Waals surface area (Å²) in [5.41, 5.74) is 0.497. The van der Waals surface area contributed by atoms with Crippen molar-refractivity contribution in [3.8, 4) is 0 Å². The normalized spacial score (nSPS) is 16.5. The molecule has 3 N–H and O–H groups in total. The zero-order chi connectivity index (χ0) is 29.7. The van der Waals surface area contributed by atoms with E-state index < -0.39 is 32.1 Å². The van der Waals surface area contributed by atoms with Crippen molar-refractivity contribution in [3.63, 3.8) is 0 Å². The summed E-state index contributed by atoms with van der Waals surface area (Å²) in [4.78, 5) is 33.0. The van der Waals surface area contributed by atoms with Crippen molar-refractivity contribution in [1.29, 1.82) is 0 Å². The topological polar surface area (TPSA) is 147 Å². The van der Waals surface area contributed by atoms with Crippen LogP contribution in [0, 0.1) is 16.0 Å². The molecular weight excluding hydrogens is 554 g/mol. The minimum atomic E-state index is -4.22. The number of sulfonamides is 1. The smallest absolute Gasteiger partial charge is 0.273 e. The molecule has 0 bridgehead atoms. The number of hydrogen-bond donors (Lipinski definition) is 3. The Morgan fingerprint density at radius 3 is 2.50 bits per heavy atom. The number of carbonyl (C=O) groups excluding carboxylic acids is 1. The third-order valence-electron chi connectivity index (χ3n) is 8.05. The van der Waals surface area contributed by atoms with E-state index in [-0.39, 0.29) is 29.6 Å². The molecule has 2 heterocycles. The lowest BCUT2D eigenvalue weighted by Crippen LogP contribution is -2.59. The summed E-state index contributed by atoms with van der Waals surface area (Å²) >= 11 is 0. The molecule has 0 aliphatic heterocycles. The van der Waals surface area contributed by atoms with Gasteiger partial charge in [0, 0.05) is 41.3 Å². The monoisotopic (exact) mass is 589 g/mol. The molecule has 5 rings (SSSR count). The van der Waals surface area contributed by atoms with Crippen molar-refractivity contribution >= 4 is 32.5 Å². The summed E-state index contributed by atoms with van der Waals surface area (Å²) in [6.07, 6.45) is 8.65. The number of para-hydroxylation sites is 2. The van der Waals surface area contributed by atoms with Crippen molar-refractivity contribution in [2.24, 2.45) is 5.92 Å². The second-order valence-electron chi connectivity index (χ2n) is 11.2. The lowest BCUT2D eigenvalue weighted by atomic mass is 9.82. The van der Waals surface area contributed by atoms with Gasteiger partial charge in [0.25, 0.3) is 5.69 Å². The maximum atomic E-state index is 14.3. The SMILES string of the molecule is CC(Cc1c[nH]c2ccccc12)(NS(=O)(=O)Cc1ccccc1[N+](=O)[O-])C(=O)NC(c1ccccn1)C1CCCCC1. The van der Waals surface area contributed by atoms with Crippen LogP contribution in [0.4, 0.5) is 5.69 Å². The van der Waals surface area contributed by atoms with E-state index in [0.717, 1.165) is 54.3 Å². The van der Waals surface area contributed by atoms with Crippen LogP contribution in [0.1, 0.15) is 61.9 Å². The first-order valence-electron chi connectivity index (χ1n) is 14.2. The summed E-state index contributed by atoms with van der Waals surface area (Å²) in [7, 11) is -4.22. The molecule has 4 aromatic rings. The van der Waals surface area contributed by atoms with Gasteiger partial charge >= 0.3 is 0 Å². The average Bonchev–Trinajstić information content (AvgIpc) is 3.38. The molecule has 1 amide bonds. The first-order valence-corrected chi connectivity index (χ1v) is 15.8. The van der Waals surface area contributed by atoms with Crippen molar-refractivity contribution in [2.75, 3.05) is 0 Å². The number of amides is 1. The highest BCUT2D eigenvalue weighted by Gasteiger charge is 2.41. The van der Waals surface area contributed by atoms with Gasteiger partial charge in [0.05, 0.1) is 22.4 Å². The van der Waals surface area contributed by atoms with Crippen molar-refractivity contribution in [3.05, 3.63) is 106 Å². The fourth-order valence-corrected chi connectivity index (χ4v) is 7.55. The number of hydrogen-bond acceptors (Lipinski definition) is 6. The summed E-state index contributed by atoms with van der Waals surface area (Å²) in [5, 5.41) is 15.6. The highest BCUT2D eigenvalue weighted by molar-refractivity contribution is 7.88. The number of aromatic amines is 1. The van der Waals surface area contributed by atoms with Gasteiger partial charge in [-0.25, -0.2) is 8.42 Å². The molecule has 0 spiro atoms. The Labute approximate surface area is 245 Å². The van der Waals surface area contributed by atoms with Crippen molar-refractivity contribution < 1.29 is 18.1 Å². The Hall–Kier alpha value is -4.09. The number of nitrogens with zero attached hydrogens (tertiary/aromatic N) is 2. The van der Waals surface area contributed by atoms with Crippen LogP contribution in [0.15, 0.2) is 79.1 Å². The van der Waals surface area contributed by atoms with Gasteiger partial charge in [0.2, 0.25) is 15.9 Å². The van der Waals surface area contributed by atoms with Crippen LogP contribution >= 0.6 is 0 Å². The molecule has 220 valence electrons. The predicted octanol–water partition coefficient (Wildman–Crippen LogP) is 5.33. The molecule has 0 radical (unpaired) electrons. The fraction of sp³-hybridized carbons (Fsp3) is 0.355. The largest absolute Gasteiger partial charge is 0.361 e. The van der Waals surface area contributed by atoms with E-state index in [1.54, 1.807) is 25.4 Å². The maximum Gasteiger partial charge on any atom is 0.273 e. The van der Waals surface area contributed by atoms with E-state index in [9.17, 15) is 23.3 Å². The summed E-state index contributed by atoms with van der Waals surface area (Å²) in [5.74, 6) is -0.966. The molecule has 1 aliphatic rings. The Bertz CT molecular complexity index is 1670. The molecule has 0 saturated heterocycles. The van der Waals surface area contributed by atoms with Gasteiger partial charge in [-0.3, -0.25) is 19.9 Å². The standard InChI is InChI=1S/C31H35N5O5S/c1-31(19-24-20-33-26-15-7-6-14-25(24)26,35-42(40,41)21-23-13-5-8-17-28(23)36(38)39)30(37)34-29(22-11-3-2-4-12-22)27-16-9-10-18-32-27/h5-10,13-18,20,22,29,33,35H,2-4,11-12,19,21H2,1H3,(H,34,37). The van der Waals surface area contributed by atoms with Gasteiger partial charge in [-0.15, -0.1) is 0 Å². The summed E-state index contributed by atoms with van der Waals surface area (Å²) in [6.45, 7) is 1.57. The first kappa shape index (κ1) is 29.4. The fourth-order valence-electron chi connectivity index (χ4n) is 5.98. The van der Waals surface area contributed by atoms with E-state index in [4.69, 9.17) is 0 Å². The highest BCUT2D eigenvalue weighted by atomic mass is 32.2. The van der Waals surface area contributed by atoms with E-state index in [0.29, 0.717) is 0 Å². The van der Waals surface area contributed by atoms with Crippen LogP contribution in [-0.2, 0) is 27.0 Å². The lowest BCUT2D eigenvalue weighted by Gasteiger charge is -2.35. The zero-order valence-electron chi connectivity index (χ0n) is 23.5. The molecule has 10 nitrogen and oxygen atoms in total. The van der Waals surface area contributed by atoms with Crippen molar-refractivity contribution in [1.82, 2.24) is 20.0 Å². The van der Waals surface area contributed by atoms with Crippen LogP contribution < -0.4 is 10.0 Å². The van der Waals surface area contributed by atoms with Crippen LogP contribution in [0.5, 0.6) is 0 Å². The lowest BCUT2D eigenvalue weighted by molar-refractivity contribution is -0.385. The third kappa shape index (κ3) is 6.69. The third-order valence-corrected chi connectivity index (χ3v) is 9.50. The van der Waals surface area contributed by atoms with Crippen LogP contribution in [0.3, 0.4) is 0 Å². The molecule has 11 heteroatoms. The predicted molar refractivity (Wildman–Crippen MR) is 161 cm³/mol. The number of nitro benzene ring substituents is 1. The van der Waals surface area contributed by atoms with E-state index >= 15 is 0 Å². The Morgan fingerprint density at radius 1 is 1.05 bits per heavy atom. The zero-order valence-corrected chi connectivity index (χ0v) is 24.3. The molecular formula is C31H35N5O5S. The van der Waals surface area contributed by atoms with E-state index in [1.807, 2.05) is 42.5 Å². The molecule has 1 fully saturated rings. The van der Waals surface area contributed by atoms with E-state index in [2.05, 4.69) is 20.0 Å². The summed E-state index contributed by atoms with van der Waals surface area (Å²) in [6, 6.07) is 18.5.